The molecule has 1 unspecified atom stereocenters. The van der Waals surface area contributed by atoms with Crippen LogP contribution in [0, 0.1) is 0 Å². The Morgan fingerprint density at radius 3 is 2.35 bits per heavy atom. The molecular weight excluding hydrogens is 280 g/mol. The zero-order valence-corrected chi connectivity index (χ0v) is 12.5. The number of hydrogen-bond donors (Lipinski definition) is 2. The van der Waals surface area contributed by atoms with Crippen molar-refractivity contribution < 1.29 is 14.7 Å². The summed E-state index contributed by atoms with van der Waals surface area (Å²) in [6.07, 6.45) is 2.13. The lowest BCUT2D eigenvalue weighted by molar-refractivity contribution is 0.299. The third kappa shape index (κ3) is 4.43. The summed E-state index contributed by atoms with van der Waals surface area (Å²) in [7, 11) is 1.60. The maximum absolute atomic E-state index is 9.04. The van der Waals surface area contributed by atoms with Crippen LogP contribution in [0.1, 0.15) is 13.3 Å². The summed E-state index contributed by atoms with van der Waals surface area (Å²) in [5.74, 6) is 1.39. The van der Waals surface area contributed by atoms with Gasteiger partial charge in [-0.25, -0.2) is 0 Å². The summed E-state index contributed by atoms with van der Waals surface area (Å²) in [5.41, 5.74) is 5.53. The second kappa shape index (κ2) is 8.45. The van der Waals surface area contributed by atoms with Gasteiger partial charge in [0.15, 0.2) is 0 Å². The van der Waals surface area contributed by atoms with Crippen LogP contribution < -0.4 is 15.2 Å². The van der Waals surface area contributed by atoms with Crippen molar-refractivity contribution in [2.24, 2.45) is 10.9 Å². The van der Waals surface area contributed by atoms with Gasteiger partial charge in [-0.15, -0.1) is 19.0 Å². The van der Waals surface area contributed by atoms with E-state index in [2.05, 4.69) is 11.7 Å². The molecule has 0 saturated carbocycles. The topological polar surface area (TPSA) is 77.1 Å². The lowest BCUT2D eigenvalue weighted by atomic mass is 9.92. The van der Waals surface area contributed by atoms with Crippen LogP contribution in [0.2, 0.25) is 0 Å². The molecule has 3 N–H and O–H groups in total. The molecular formula is C14H21ClN2O3. The number of hydrogen-bond acceptors (Lipinski definition) is 5. The van der Waals surface area contributed by atoms with Gasteiger partial charge in [0.1, 0.15) is 23.8 Å². The van der Waals surface area contributed by atoms with Gasteiger partial charge >= 0.3 is 0 Å². The third-order valence-electron chi connectivity index (χ3n) is 3.04. The van der Waals surface area contributed by atoms with Crippen LogP contribution in [0.15, 0.2) is 42.1 Å². The smallest absolute Gasteiger partial charge is 0.132 e. The fourth-order valence-electron chi connectivity index (χ4n) is 1.55. The summed E-state index contributed by atoms with van der Waals surface area (Å²) in [6, 6.07) is 7.11. The van der Waals surface area contributed by atoms with Crippen molar-refractivity contribution in [3.8, 4) is 11.5 Å². The summed E-state index contributed by atoms with van der Waals surface area (Å²) in [5, 5.41) is 12.3. The minimum atomic E-state index is -0.860. The lowest BCUT2D eigenvalue weighted by Crippen LogP contribution is -2.48. The number of ether oxygens (including phenoxy) is 2. The van der Waals surface area contributed by atoms with E-state index in [0.717, 1.165) is 5.75 Å². The van der Waals surface area contributed by atoms with Gasteiger partial charge in [0.2, 0.25) is 0 Å². The SMILES string of the molecule is C=CC(N)(CC)C(COc1ccc(OC)cc1)=NO.Cl. The van der Waals surface area contributed by atoms with Gasteiger partial charge in [0.25, 0.3) is 0 Å². The van der Waals surface area contributed by atoms with E-state index in [9.17, 15) is 0 Å². The molecule has 0 aliphatic heterocycles. The molecule has 0 aliphatic rings. The first-order valence-corrected chi connectivity index (χ1v) is 6.00. The van der Waals surface area contributed by atoms with E-state index in [1.165, 1.54) is 0 Å². The van der Waals surface area contributed by atoms with Crippen molar-refractivity contribution in [3.05, 3.63) is 36.9 Å². The number of nitrogens with zero attached hydrogens (tertiary/aromatic N) is 1. The Bertz CT molecular complexity index is 448. The van der Waals surface area contributed by atoms with Crippen LogP contribution in [-0.4, -0.2) is 30.2 Å². The van der Waals surface area contributed by atoms with Crippen LogP contribution in [0.3, 0.4) is 0 Å². The van der Waals surface area contributed by atoms with Crippen LogP contribution in [-0.2, 0) is 0 Å². The molecule has 1 aromatic rings. The van der Waals surface area contributed by atoms with Gasteiger partial charge in [-0.05, 0) is 30.7 Å². The molecule has 1 atom stereocenters. The van der Waals surface area contributed by atoms with Gasteiger partial charge in [-0.2, -0.15) is 0 Å². The van der Waals surface area contributed by atoms with E-state index in [1.54, 1.807) is 37.5 Å². The molecule has 6 heteroatoms. The predicted molar refractivity (Wildman–Crippen MR) is 82.4 cm³/mol. The average Bonchev–Trinajstić information content (AvgIpc) is 2.48. The molecule has 0 heterocycles. The molecule has 0 aromatic heterocycles. The number of benzene rings is 1. The molecule has 0 saturated heterocycles. The largest absolute Gasteiger partial charge is 0.497 e. The predicted octanol–water partition coefficient (Wildman–Crippen LogP) is 2.62. The Balaban J connectivity index is 0.00000361. The van der Waals surface area contributed by atoms with Crippen molar-refractivity contribution in [3.63, 3.8) is 0 Å². The molecule has 0 spiro atoms. The first kappa shape index (κ1) is 18.3. The molecule has 0 aliphatic carbocycles. The van der Waals surface area contributed by atoms with Crippen molar-refractivity contribution in [2.75, 3.05) is 13.7 Å². The zero-order chi connectivity index (χ0) is 14.3. The van der Waals surface area contributed by atoms with Gasteiger partial charge in [0, 0.05) is 0 Å². The standard InChI is InChI=1S/C14H20N2O3.ClH/c1-4-14(15,5-2)13(16-17)10-19-12-8-6-11(18-3)7-9-12;/h4,6-9,17H,1,5,10,15H2,2-3H3;1H. The number of nitrogens with two attached hydrogens (primary N) is 1. The third-order valence-corrected chi connectivity index (χ3v) is 3.04. The Hall–Kier alpha value is -1.72. The highest BCUT2D eigenvalue weighted by molar-refractivity contribution is 5.96. The molecule has 0 bridgehead atoms. The lowest BCUT2D eigenvalue weighted by Gasteiger charge is -2.24. The highest BCUT2D eigenvalue weighted by Gasteiger charge is 2.27. The highest BCUT2D eigenvalue weighted by Crippen LogP contribution is 2.18. The van der Waals surface area contributed by atoms with Crippen molar-refractivity contribution in [1.29, 1.82) is 0 Å². The van der Waals surface area contributed by atoms with Crippen LogP contribution >= 0.6 is 12.4 Å². The summed E-state index contributed by atoms with van der Waals surface area (Å²) < 4.78 is 10.6. The fraction of sp³-hybridized carbons (Fsp3) is 0.357. The van der Waals surface area contributed by atoms with Crippen molar-refractivity contribution in [2.45, 2.75) is 18.9 Å². The van der Waals surface area contributed by atoms with Gasteiger partial charge in [-0.1, -0.05) is 18.2 Å². The van der Waals surface area contributed by atoms with E-state index in [1.807, 2.05) is 6.92 Å². The number of rotatable bonds is 7. The summed E-state index contributed by atoms with van der Waals surface area (Å²) >= 11 is 0. The molecule has 0 fully saturated rings. The first-order chi connectivity index (χ1) is 9.09. The second-order valence-electron chi connectivity index (χ2n) is 4.11. The molecule has 0 radical (unpaired) electrons. The first-order valence-electron chi connectivity index (χ1n) is 6.00. The molecule has 20 heavy (non-hydrogen) atoms. The quantitative estimate of drug-likeness (QED) is 0.351. The van der Waals surface area contributed by atoms with E-state index in [0.29, 0.717) is 17.9 Å². The van der Waals surface area contributed by atoms with Crippen LogP contribution in [0.4, 0.5) is 0 Å². The summed E-state index contributed by atoms with van der Waals surface area (Å²) in [4.78, 5) is 0. The van der Waals surface area contributed by atoms with Gasteiger partial charge in [-0.3, -0.25) is 0 Å². The molecule has 112 valence electrons. The minimum Gasteiger partial charge on any atom is -0.497 e. The number of oxime groups is 1. The molecule has 5 nitrogen and oxygen atoms in total. The highest BCUT2D eigenvalue weighted by atomic mass is 35.5. The van der Waals surface area contributed by atoms with Crippen molar-refractivity contribution >= 4 is 18.1 Å². The Morgan fingerprint density at radius 2 is 1.95 bits per heavy atom. The Kier molecular flexibility index (Phi) is 7.72. The van der Waals surface area contributed by atoms with E-state index in [4.69, 9.17) is 20.4 Å². The van der Waals surface area contributed by atoms with Gasteiger partial charge in [0.05, 0.1) is 12.6 Å². The maximum atomic E-state index is 9.04. The van der Waals surface area contributed by atoms with E-state index in [-0.39, 0.29) is 19.0 Å². The minimum absolute atomic E-state index is 0. The number of methoxy groups -OCH3 is 1. The fourth-order valence-corrected chi connectivity index (χ4v) is 1.55. The molecule has 1 rings (SSSR count). The van der Waals surface area contributed by atoms with Crippen LogP contribution in [0.25, 0.3) is 0 Å². The zero-order valence-electron chi connectivity index (χ0n) is 11.7. The Labute approximate surface area is 125 Å². The monoisotopic (exact) mass is 300 g/mol. The average molecular weight is 301 g/mol. The summed E-state index contributed by atoms with van der Waals surface area (Å²) in [6.45, 7) is 5.65. The normalized spacial score (nSPS) is 13.8. The molecule has 1 aromatic carbocycles. The Morgan fingerprint density at radius 1 is 1.40 bits per heavy atom. The second-order valence-corrected chi connectivity index (χ2v) is 4.11. The molecule has 0 amide bonds. The van der Waals surface area contributed by atoms with Gasteiger partial charge < -0.3 is 20.4 Å². The van der Waals surface area contributed by atoms with E-state index < -0.39 is 5.54 Å². The number of halogens is 1. The van der Waals surface area contributed by atoms with Crippen LogP contribution in [0.5, 0.6) is 11.5 Å². The van der Waals surface area contributed by atoms with Crippen molar-refractivity contribution in [1.82, 2.24) is 0 Å². The van der Waals surface area contributed by atoms with E-state index >= 15 is 0 Å². The maximum Gasteiger partial charge on any atom is 0.132 e.